The minimum atomic E-state index is -0.256. The summed E-state index contributed by atoms with van der Waals surface area (Å²) in [6.07, 6.45) is 7.12. The lowest BCUT2D eigenvalue weighted by atomic mass is 9.97. The quantitative estimate of drug-likeness (QED) is 0.851. The Morgan fingerprint density at radius 2 is 1.81 bits per heavy atom. The predicted molar refractivity (Wildman–Crippen MR) is 104 cm³/mol. The van der Waals surface area contributed by atoms with Gasteiger partial charge in [-0.2, -0.15) is 5.10 Å². The molecule has 1 atom stereocenters. The molecule has 27 heavy (non-hydrogen) atoms. The van der Waals surface area contributed by atoms with Crippen LogP contribution in [-0.2, 0) is 11.3 Å². The monoisotopic (exact) mass is 367 g/mol. The van der Waals surface area contributed by atoms with E-state index < -0.39 is 0 Å². The van der Waals surface area contributed by atoms with Crippen molar-refractivity contribution in [1.82, 2.24) is 19.7 Å². The average molecular weight is 367 g/mol. The molecule has 144 valence electrons. The number of rotatable bonds is 6. The smallest absolute Gasteiger partial charge is 0.231 e. The van der Waals surface area contributed by atoms with Crippen LogP contribution in [-0.4, -0.2) is 45.2 Å². The van der Waals surface area contributed by atoms with Crippen molar-refractivity contribution >= 4 is 5.91 Å². The summed E-state index contributed by atoms with van der Waals surface area (Å²) in [5.41, 5.74) is 6.65. The maximum absolute atomic E-state index is 11.3. The summed E-state index contributed by atoms with van der Waals surface area (Å²) in [5.74, 6) is 2.66. The van der Waals surface area contributed by atoms with E-state index in [0.29, 0.717) is 18.4 Å². The highest BCUT2D eigenvalue weighted by atomic mass is 16.1. The van der Waals surface area contributed by atoms with Crippen LogP contribution in [0.3, 0.4) is 0 Å². The van der Waals surface area contributed by atoms with E-state index in [1.165, 1.54) is 31.2 Å². The molecule has 0 radical (unpaired) electrons. The number of benzene rings is 1. The van der Waals surface area contributed by atoms with Gasteiger partial charge in [0.2, 0.25) is 5.91 Å². The summed E-state index contributed by atoms with van der Waals surface area (Å²) in [4.78, 5) is 18.5. The zero-order valence-corrected chi connectivity index (χ0v) is 15.9. The fraction of sp³-hybridized carbons (Fsp3) is 0.571. The number of nitrogens with two attached hydrogens (primary N) is 1. The molecule has 4 rings (SSSR count). The molecule has 2 aromatic rings. The number of nitrogens with zero attached hydrogens (tertiary/aromatic N) is 4. The first kappa shape index (κ1) is 18.2. The molecule has 2 N–H and O–H groups in total. The molecule has 6 heteroatoms. The van der Waals surface area contributed by atoms with Gasteiger partial charge in [-0.3, -0.25) is 9.69 Å². The van der Waals surface area contributed by atoms with E-state index in [9.17, 15) is 4.79 Å². The summed E-state index contributed by atoms with van der Waals surface area (Å²) in [7, 11) is 0. The molecular formula is C21H29N5O. The molecule has 1 aromatic carbocycles. The highest BCUT2D eigenvalue weighted by molar-refractivity contribution is 5.75. The van der Waals surface area contributed by atoms with E-state index in [0.717, 1.165) is 44.1 Å². The lowest BCUT2D eigenvalue weighted by Gasteiger charge is -2.31. The molecule has 6 nitrogen and oxygen atoms in total. The molecule has 1 saturated carbocycles. The van der Waals surface area contributed by atoms with Gasteiger partial charge in [-0.15, -0.1) is 0 Å². The Kier molecular flexibility index (Phi) is 5.53. The van der Waals surface area contributed by atoms with E-state index in [1.807, 2.05) is 6.07 Å². The van der Waals surface area contributed by atoms with Gasteiger partial charge in [-0.1, -0.05) is 43.2 Å². The lowest BCUT2D eigenvalue weighted by Crippen LogP contribution is -2.40. The highest BCUT2D eigenvalue weighted by Gasteiger charge is 2.29. The number of likely N-dealkylation sites (tertiary alicyclic amines) is 1. The van der Waals surface area contributed by atoms with Crippen LogP contribution >= 0.6 is 0 Å². The second kappa shape index (κ2) is 8.21. The summed E-state index contributed by atoms with van der Waals surface area (Å²) in [6, 6.07) is 10.5. The van der Waals surface area contributed by atoms with Crippen molar-refractivity contribution in [3.05, 3.63) is 47.5 Å². The van der Waals surface area contributed by atoms with Crippen molar-refractivity contribution in [2.24, 2.45) is 5.73 Å². The van der Waals surface area contributed by atoms with Crippen molar-refractivity contribution < 1.29 is 4.79 Å². The summed E-state index contributed by atoms with van der Waals surface area (Å²) in [5, 5.41) is 4.94. The Balaban J connectivity index is 1.59. The Morgan fingerprint density at radius 3 is 2.56 bits per heavy atom. The Labute approximate surface area is 160 Å². The van der Waals surface area contributed by atoms with Gasteiger partial charge in [-0.25, -0.2) is 9.67 Å². The van der Waals surface area contributed by atoms with Crippen LogP contribution in [0.2, 0.25) is 0 Å². The average Bonchev–Trinajstić information content (AvgIpc) is 3.32. The predicted octanol–water partition coefficient (Wildman–Crippen LogP) is 2.65. The second-order valence-electron chi connectivity index (χ2n) is 7.99. The van der Waals surface area contributed by atoms with E-state index in [-0.39, 0.29) is 5.91 Å². The first-order chi connectivity index (χ1) is 13.2. The fourth-order valence-corrected chi connectivity index (χ4v) is 4.53. The maximum Gasteiger partial charge on any atom is 0.231 e. The molecule has 1 amide bonds. The third-order valence-corrected chi connectivity index (χ3v) is 5.86. The first-order valence-corrected chi connectivity index (χ1v) is 10.2. The van der Waals surface area contributed by atoms with Crippen LogP contribution in [0.1, 0.15) is 67.6 Å². The van der Waals surface area contributed by atoms with Crippen molar-refractivity contribution in [2.45, 2.75) is 56.9 Å². The molecule has 2 aliphatic rings. The summed E-state index contributed by atoms with van der Waals surface area (Å²) >= 11 is 0. The molecule has 1 aromatic heterocycles. The topological polar surface area (TPSA) is 77.0 Å². The summed E-state index contributed by atoms with van der Waals surface area (Å²) in [6.45, 7) is 2.85. The molecule has 0 spiro atoms. The third kappa shape index (κ3) is 4.38. The number of carbonyl (C=O) groups excluding carboxylic acids is 1. The van der Waals surface area contributed by atoms with Crippen molar-refractivity contribution in [2.75, 3.05) is 19.6 Å². The van der Waals surface area contributed by atoms with Gasteiger partial charge in [0, 0.05) is 18.4 Å². The van der Waals surface area contributed by atoms with Gasteiger partial charge in [0.15, 0.2) is 5.82 Å². The number of hydrogen-bond acceptors (Lipinski definition) is 4. The number of carbonyl (C=O) groups is 1. The molecule has 2 fully saturated rings. The van der Waals surface area contributed by atoms with Crippen LogP contribution in [0.15, 0.2) is 30.3 Å². The van der Waals surface area contributed by atoms with Gasteiger partial charge >= 0.3 is 0 Å². The molecule has 0 bridgehead atoms. The van der Waals surface area contributed by atoms with Crippen LogP contribution in [0.5, 0.6) is 0 Å². The largest absolute Gasteiger partial charge is 0.369 e. The minimum absolute atomic E-state index is 0.256. The van der Waals surface area contributed by atoms with Crippen molar-refractivity contribution in [1.29, 1.82) is 0 Å². The minimum Gasteiger partial charge on any atom is -0.369 e. The SMILES string of the molecule is NC(=O)CN1CCC[C@@H](c2nc(C3CCCC3)nn2Cc2ccccc2)C1. The fourth-order valence-electron chi connectivity index (χ4n) is 4.53. The number of aromatic nitrogens is 3. The van der Waals surface area contributed by atoms with E-state index >= 15 is 0 Å². The van der Waals surface area contributed by atoms with Crippen molar-refractivity contribution in [3.8, 4) is 0 Å². The maximum atomic E-state index is 11.3. The van der Waals surface area contributed by atoms with Crippen LogP contribution in [0.25, 0.3) is 0 Å². The molecule has 1 aliphatic heterocycles. The molecule has 1 saturated heterocycles. The number of piperidine rings is 1. The van der Waals surface area contributed by atoms with Gasteiger partial charge in [-0.05, 0) is 37.8 Å². The third-order valence-electron chi connectivity index (χ3n) is 5.86. The Bertz CT molecular complexity index is 766. The zero-order chi connectivity index (χ0) is 18.6. The van der Waals surface area contributed by atoms with E-state index in [1.54, 1.807) is 0 Å². The van der Waals surface area contributed by atoms with Gasteiger partial charge in [0.05, 0.1) is 13.1 Å². The second-order valence-corrected chi connectivity index (χ2v) is 7.99. The van der Waals surface area contributed by atoms with Gasteiger partial charge in [0.25, 0.3) is 0 Å². The number of amides is 1. The van der Waals surface area contributed by atoms with Crippen LogP contribution < -0.4 is 5.73 Å². The zero-order valence-electron chi connectivity index (χ0n) is 15.9. The lowest BCUT2D eigenvalue weighted by molar-refractivity contribution is -0.119. The first-order valence-electron chi connectivity index (χ1n) is 10.2. The van der Waals surface area contributed by atoms with Crippen LogP contribution in [0.4, 0.5) is 0 Å². The van der Waals surface area contributed by atoms with Crippen molar-refractivity contribution in [3.63, 3.8) is 0 Å². The highest BCUT2D eigenvalue weighted by Crippen LogP contribution is 2.34. The Hall–Kier alpha value is -2.21. The van der Waals surface area contributed by atoms with Gasteiger partial charge < -0.3 is 5.73 Å². The molecular weight excluding hydrogens is 338 g/mol. The number of hydrogen-bond donors (Lipinski definition) is 1. The molecule has 0 unspecified atom stereocenters. The molecule has 1 aliphatic carbocycles. The Morgan fingerprint density at radius 1 is 1.07 bits per heavy atom. The summed E-state index contributed by atoms with van der Waals surface area (Å²) < 4.78 is 2.11. The van der Waals surface area contributed by atoms with Crippen LogP contribution in [0, 0.1) is 0 Å². The number of primary amides is 1. The normalized spacial score (nSPS) is 21.6. The van der Waals surface area contributed by atoms with E-state index in [4.69, 9.17) is 15.8 Å². The van der Waals surface area contributed by atoms with Gasteiger partial charge in [0.1, 0.15) is 5.82 Å². The van der Waals surface area contributed by atoms with E-state index in [2.05, 4.69) is 33.8 Å². The molecule has 2 heterocycles. The standard InChI is InChI=1S/C21H29N5O/c22-19(27)15-25-12-6-11-18(14-25)21-23-20(17-9-4-5-10-17)24-26(21)13-16-7-2-1-3-8-16/h1-3,7-8,17-18H,4-6,9-15H2,(H2,22,27)/t18-/m1/s1.